The van der Waals surface area contributed by atoms with Crippen LogP contribution in [0.2, 0.25) is 0 Å². The van der Waals surface area contributed by atoms with Crippen molar-refractivity contribution >= 4 is 5.91 Å². The Morgan fingerprint density at radius 3 is 2.53 bits per heavy atom. The van der Waals surface area contributed by atoms with E-state index in [9.17, 15) is 4.79 Å². The minimum atomic E-state index is 0.124. The van der Waals surface area contributed by atoms with Crippen LogP contribution in [0.4, 0.5) is 0 Å². The molecule has 1 saturated heterocycles. The highest BCUT2D eigenvalue weighted by atomic mass is 16.5. The number of carbonyl (C=O) groups excluding carboxylic acids is 1. The van der Waals surface area contributed by atoms with Gasteiger partial charge in [-0.1, -0.05) is 30.3 Å². The molecule has 0 aromatic heterocycles. The summed E-state index contributed by atoms with van der Waals surface area (Å²) in [4.78, 5) is 11.3. The minimum Gasteiger partial charge on any atom is -0.457 e. The molecule has 0 aliphatic carbocycles. The molecular weight excluding hydrogens is 238 g/mol. The molecule has 1 amide bonds. The molecule has 96 valence electrons. The Bertz CT molecular complexity index is 580. The maximum Gasteiger partial charge on any atom is 0.220 e. The lowest BCUT2D eigenvalue weighted by molar-refractivity contribution is -0.119. The molecule has 1 aliphatic heterocycles. The van der Waals surface area contributed by atoms with Crippen LogP contribution < -0.4 is 10.1 Å². The van der Waals surface area contributed by atoms with Crippen molar-refractivity contribution in [2.75, 3.05) is 6.54 Å². The van der Waals surface area contributed by atoms with Gasteiger partial charge in [-0.2, -0.15) is 0 Å². The lowest BCUT2D eigenvalue weighted by Crippen LogP contribution is -2.13. The third kappa shape index (κ3) is 2.76. The molecule has 2 aromatic rings. The number of nitrogens with one attached hydrogen (secondary N) is 1. The van der Waals surface area contributed by atoms with E-state index >= 15 is 0 Å². The van der Waals surface area contributed by atoms with Gasteiger partial charge in [-0.15, -0.1) is 0 Å². The maximum atomic E-state index is 11.3. The van der Waals surface area contributed by atoms with Crippen molar-refractivity contribution < 1.29 is 9.53 Å². The molecule has 19 heavy (non-hydrogen) atoms. The molecule has 1 fully saturated rings. The Morgan fingerprint density at radius 1 is 1.00 bits per heavy atom. The maximum absolute atomic E-state index is 11.3. The van der Waals surface area contributed by atoms with E-state index in [-0.39, 0.29) is 11.8 Å². The fraction of sp³-hybridized carbons (Fsp3) is 0.188. The molecule has 3 rings (SSSR count). The highest BCUT2D eigenvalue weighted by molar-refractivity contribution is 5.79. The second kappa shape index (κ2) is 5.14. The van der Waals surface area contributed by atoms with Gasteiger partial charge in [0.1, 0.15) is 11.5 Å². The number of rotatable bonds is 3. The topological polar surface area (TPSA) is 38.3 Å². The Kier molecular flexibility index (Phi) is 3.19. The van der Waals surface area contributed by atoms with Crippen LogP contribution in [-0.2, 0) is 4.79 Å². The van der Waals surface area contributed by atoms with E-state index in [0.29, 0.717) is 13.0 Å². The summed E-state index contributed by atoms with van der Waals surface area (Å²) in [5.41, 5.74) is 1.15. The van der Waals surface area contributed by atoms with Crippen molar-refractivity contribution in [3.8, 4) is 11.5 Å². The number of benzene rings is 2. The quantitative estimate of drug-likeness (QED) is 0.912. The second-order valence-corrected chi connectivity index (χ2v) is 4.69. The van der Waals surface area contributed by atoms with Gasteiger partial charge in [0.15, 0.2) is 0 Å². The number of carbonyl (C=O) groups is 1. The Balaban J connectivity index is 1.78. The van der Waals surface area contributed by atoms with E-state index in [1.807, 2.05) is 54.6 Å². The van der Waals surface area contributed by atoms with Crippen LogP contribution >= 0.6 is 0 Å². The first-order chi connectivity index (χ1) is 9.31. The lowest BCUT2D eigenvalue weighted by atomic mass is 9.98. The summed E-state index contributed by atoms with van der Waals surface area (Å²) in [6.45, 7) is 0.716. The predicted molar refractivity (Wildman–Crippen MR) is 73.3 cm³/mol. The summed E-state index contributed by atoms with van der Waals surface area (Å²) in [6, 6.07) is 17.6. The smallest absolute Gasteiger partial charge is 0.220 e. The lowest BCUT2D eigenvalue weighted by Gasteiger charge is -2.10. The van der Waals surface area contributed by atoms with Gasteiger partial charge in [0.05, 0.1) is 0 Å². The number of para-hydroxylation sites is 1. The molecule has 2 aromatic carbocycles. The second-order valence-electron chi connectivity index (χ2n) is 4.69. The Morgan fingerprint density at radius 2 is 1.79 bits per heavy atom. The summed E-state index contributed by atoms with van der Waals surface area (Å²) in [5, 5.41) is 2.86. The van der Waals surface area contributed by atoms with Crippen molar-refractivity contribution in [3.63, 3.8) is 0 Å². The van der Waals surface area contributed by atoms with Crippen LogP contribution in [0.5, 0.6) is 11.5 Å². The zero-order valence-electron chi connectivity index (χ0n) is 10.5. The molecule has 1 aliphatic rings. The molecule has 1 unspecified atom stereocenters. The van der Waals surface area contributed by atoms with Gasteiger partial charge in [-0.25, -0.2) is 0 Å². The van der Waals surface area contributed by atoms with E-state index in [1.54, 1.807) is 0 Å². The predicted octanol–water partition coefficient (Wildman–Crippen LogP) is 3.08. The van der Waals surface area contributed by atoms with Crippen LogP contribution in [0.3, 0.4) is 0 Å². The van der Waals surface area contributed by atoms with E-state index in [1.165, 1.54) is 0 Å². The number of hydrogen-bond acceptors (Lipinski definition) is 2. The van der Waals surface area contributed by atoms with Gasteiger partial charge in [-0.3, -0.25) is 4.79 Å². The van der Waals surface area contributed by atoms with Crippen molar-refractivity contribution in [2.45, 2.75) is 12.3 Å². The third-order valence-electron chi connectivity index (χ3n) is 3.29. The van der Waals surface area contributed by atoms with Crippen LogP contribution in [0.25, 0.3) is 0 Å². The van der Waals surface area contributed by atoms with Gasteiger partial charge in [0, 0.05) is 18.9 Å². The zero-order chi connectivity index (χ0) is 13.1. The molecule has 0 spiro atoms. The third-order valence-corrected chi connectivity index (χ3v) is 3.29. The van der Waals surface area contributed by atoms with Gasteiger partial charge in [0.25, 0.3) is 0 Å². The fourth-order valence-corrected chi connectivity index (χ4v) is 2.30. The highest BCUT2D eigenvalue weighted by Gasteiger charge is 2.23. The summed E-state index contributed by atoms with van der Waals surface area (Å²) >= 11 is 0. The molecule has 0 bridgehead atoms. The molecule has 0 saturated carbocycles. The van der Waals surface area contributed by atoms with Crippen molar-refractivity contribution in [1.82, 2.24) is 5.32 Å². The van der Waals surface area contributed by atoms with Crippen molar-refractivity contribution in [3.05, 3.63) is 60.2 Å². The minimum absolute atomic E-state index is 0.124. The Hall–Kier alpha value is -2.29. The van der Waals surface area contributed by atoms with Gasteiger partial charge < -0.3 is 10.1 Å². The SMILES string of the molecule is O=C1CC(c2cccc(Oc3ccccc3)c2)CN1. The van der Waals surface area contributed by atoms with Gasteiger partial charge in [-0.05, 0) is 29.8 Å². The first kappa shape index (κ1) is 11.8. The number of amides is 1. The van der Waals surface area contributed by atoms with Crippen LogP contribution in [0.15, 0.2) is 54.6 Å². The van der Waals surface area contributed by atoms with Gasteiger partial charge >= 0.3 is 0 Å². The standard InChI is InChI=1S/C16H15NO2/c18-16-10-13(11-17-16)12-5-4-8-15(9-12)19-14-6-2-1-3-7-14/h1-9,13H,10-11H2,(H,17,18). The number of ether oxygens (including phenoxy) is 1. The van der Waals surface area contributed by atoms with E-state index in [0.717, 1.165) is 17.1 Å². The first-order valence-electron chi connectivity index (χ1n) is 6.41. The Labute approximate surface area is 112 Å². The van der Waals surface area contributed by atoms with Crippen LogP contribution in [-0.4, -0.2) is 12.5 Å². The number of hydrogen-bond donors (Lipinski definition) is 1. The van der Waals surface area contributed by atoms with E-state index in [2.05, 4.69) is 5.32 Å². The van der Waals surface area contributed by atoms with Crippen molar-refractivity contribution in [2.24, 2.45) is 0 Å². The average molecular weight is 253 g/mol. The molecule has 1 heterocycles. The first-order valence-corrected chi connectivity index (χ1v) is 6.41. The van der Waals surface area contributed by atoms with E-state index < -0.39 is 0 Å². The van der Waals surface area contributed by atoms with Crippen LogP contribution in [0.1, 0.15) is 17.9 Å². The monoisotopic (exact) mass is 253 g/mol. The van der Waals surface area contributed by atoms with Crippen molar-refractivity contribution in [1.29, 1.82) is 0 Å². The average Bonchev–Trinajstić information content (AvgIpc) is 2.87. The fourth-order valence-electron chi connectivity index (χ4n) is 2.30. The zero-order valence-corrected chi connectivity index (χ0v) is 10.5. The molecule has 3 nitrogen and oxygen atoms in total. The summed E-state index contributed by atoms with van der Waals surface area (Å²) in [7, 11) is 0. The summed E-state index contributed by atoms with van der Waals surface area (Å²) in [6.07, 6.45) is 0.564. The molecule has 0 radical (unpaired) electrons. The molecule has 1 atom stereocenters. The molecular formula is C16H15NO2. The molecule has 1 N–H and O–H groups in total. The summed E-state index contributed by atoms with van der Waals surface area (Å²) < 4.78 is 5.80. The summed E-state index contributed by atoms with van der Waals surface area (Å²) in [5.74, 6) is 2.01. The molecule has 3 heteroatoms. The highest BCUT2D eigenvalue weighted by Crippen LogP contribution is 2.28. The van der Waals surface area contributed by atoms with Crippen LogP contribution in [0, 0.1) is 0 Å². The normalized spacial score (nSPS) is 18.1. The largest absolute Gasteiger partial charge is 0.457 e. The van der Waals surface area contributed by atoms with Gasteiger partial charge in [0.2, 0.25) is 5.91 Å². The van der Waals surface area contributed by atoms with E-state index in [4.69, 9.17) is 4.74 Å².